The molecule has 0 aliphatic carbocycles. The minimum Gasteiger partial charge on any atom is -0.465 e. The van der Waals surface area contributed by atoms with E-state index in [1.54, 1.807) is 0 Å². The first-order valence-corrected chi connectivity index (χ1v) is 6.85. The number of aryl methyl sites for hydroxylation is 1. The second kappa shape index (κ2) is 6.15. The fraction of sp³-hybridized carbons (Fsp3) is 0.500. The normalized spacial score (nSPS) is 10.3. The minimum absolute atomic E-state index is 0.244. The first kappa shape index (κ1) is 14.9. The highest BCUT2D eigenvalue weighted by Crippen LogP contribution is 2.32. The van der Waals surface area contributed by atoms with Crippen molar-refractivity contribution < 1.29 is 9.53 Å². The first-order valence-electron chi connectivity index (χ1n) is 5.62. The predicted octanol–water partition coefficient (Wildman–Crippen LogP) is 2.85. The quantitative estimate of drug-likeness (QED) is 0.661. The third-order valence-electron chi connectivity index (χ3n) is 2.42. The fourth-order valence-corrected chi connectivity index (χ4v) is 2.92. The lowest BCUT2D eigenvalue weighted by molar-refractivity contribution is 0.0601. The lowest BCUT2D eigenvalue weighted by Gasteiger charge is -2.12. The molecule has 4 nitrogen and oxygen atoms in total. The largest absolute Gasteiger partial charge is 0.465 e. The lowest BCUT2D eigenvalue weighted by atomic mass is 10.1. The van der Waals surface area contributed by atoms with Crippen molar-refractivity contribution in [1.82, 2.24) is 5.32 Å². The Balaban J connectivity index is 2.99. The maximum Gasteiger partial charge on any atom is 0.341 e. The monoisotopic (exact) mass is 286 g/mol. The van der Waals surface area contributed by atoms with Crippen LogP contribution in [0.4, 0.5) is 5.00 Å². The summed E-state index contributed by atoms with van der Waals surface area (Å²) in [6, 6.07) is 0.244. The molecule has 1 rings (SSSR count). The zero-order valence-electron chi connectivity index (χ0n) is 11.2. The van der Waals surface area contributed by atoms with E-state index < -0.39 is 0 Å². The smallest absolute Gasteiger partial charge is 0.341 e. The van der Waals surface area contributed by atoms with Crippen molar-refractivity contribution in [2.75, 3.05) is 12.4 Å². The molecule has 0 unspecified atom stereocenters. The van der Waals surface area contributed by atoms with Gasteiger partial charge in [0.15, 0.2) is 5.11 Å². The molecule has 2 N–H and O–H groups in total. The van der Waals surface area contributed by atoms with Crippen LogP contribution in [0.3, 0.4) is 0 Å². The Morgan fingerprint density at radius 1 is 1.39 bits per heavy atom. The highest BCUT2D eigenvalue weighted by atomic mass is 32.1. The van der Waals surface area contributed by atoms with Crippen molar-refractivity contribution in [1.29, 1.82) is 0 Å². The van der Waals surface area contributed by atoms with Gasteiger partial charge in [0, 0.05) is 10.9 Å². The van der Waals surface area contributed by atoms with Crippen molar-refractivity contribution in [2.24, 2.45) is 0 Å². The van der Waals surface area contributed by atoms with Crippen LogP contribution in [0, 0.1) is 13.8 Å². The molecule has 0 spiro atoms. The molecule has 18 heavy (non-hydrogen) atoms. The molecule has 0 aliphatic heterocycles. The zero-order chi connectivity index (χ0) is 13.9. The van der Waals surface area contributed by atoms with E-state index in [0.29, 0.717) is 10.7 Å². The molecule has 1 aromatic rings. The van der Waals surface area contributed by atoms with Crippen molar-refractivity contribution in [2.45, 2.75) is 33.7 Å². The van der Waals surface area contributed by atoms with Gasteiger partial charge in [-0.2, -0.15) is 0 Å². The van der Waals surface area contributed by atoms with E-state index in [1.807, 2.05) is 27.7 Å². The molecule has 0 fully saturated rings. The number of ether oxygens (including phenoxy) is 1. The average molecular weight is 286 g/mol. The van der Waals surface area contributed by atoms with Crippen LogP contribution in [0.2, 0.25) is 0 Å². The summed E-state index contributed by atoms with van der Waals surface area (Å²) < 4.78 is 4.80. The number of carbonyl (C=O) groups excluding carboxylic acids is 1. The van der Waals surface area contributed by atoms with Crippen LogP contribution in [0.25, 0.3) is 0 Å². The van der Waals surface area contributed by atoms with Gasteiger partial charge < -0.3 is 15.4 Å². The van der Waals surface area contributed by atoms with Crippen molar-refractivity contribution in [3.63, 3.8) is 0 Å². The van der Waals surface area contributed by atoms with E-state index in [0.717, 1.165) is 15.4 Å². The number of nitrogens with one attached hydrogen (secondary N) is 2. The summed E-state index contributed by atoms with van der Waals surface area (Å²) >= 11 is 6.68. The number of carbonyl (C=O) groups is 1. The fourth-order valence-electron chi connectivity index (χ4n) is 1.46. The Bertz CT molecular complexity index is 467. The highest BCUT2D eigenvalue weighted by Gasteiger charge is 2.20. The van der Waals surface area contributed by atoms with Crippen LogP contribution in [0.1, 0.15) is 34.6 Å². The molecule has 1 heterocycles. The van der Waals surface area contributed by atoms with Crippen LogP contribution < -0.4 is 10.6 Å². The third-order valence-corrected chi connectivity index (χ3v) is 3.76. The second-order valence-electron chi connectivity index (χ2n) is 4.23. The molecule has 100 valence electrons. The molecule has 0 radical (unpaired) electrons. The number of thiocarbonyl (C=S) groups is 1. The van der Waals surface area contributed by atoms with Crippen LogP contribution >= 0.6 is 23.6 Å². The molecular formula is C12H18N2O2S2. The van der Waals surface area contributed by atoms with Crippen molar-refractivity contribution >= 4 is 39.6 Å². The van der Waals surface area contributed by atoms with E-state index in [1.165, 1.54) is 18.4 Å². The number of methoxy groups -OCH3 is 1. The highest BCUT2D eigenvalue weighted by molar-refractivity contribution is 7.80. The topological polar surface area (TPSA) is 50.4 Å². The van der Waals surface area contributed by atoms with E-state index in [-0.39, 0.29) is 12.0 Å². The molecule has 0 bridgehead atoms. The van der Waals surface area contributed by atoms with E-state index in [9.17, 15) is 4.79 Å². The molecule has 0 saturated heterocycles. The Morgan fingerprint density at radius 2 is 2.00 bits per heavy atom. The molecule has 0 amide bonds. The summed E-state index contributed by atoms with van der Waals surface area (Å²) in [6.45, 7) is 7.87. The number of rotatable bonds is 3. The minimum atomic E-state index is -0.341. The van der Waals surface area contributed by atoms with E-state index >= 15 is 0 Å². The molecule has 0 aromatic carbocycles. The van der Waals surface area contributed by atoms with Crippen LogP contribution in [-0.4, -0.2) is 24.2 Å². The van der Waals surface area contributed by atoms with Gasteiger partial charge in [-0.1, -0.05) is 0 Å². The number of thiophene rings is 1. The van der Waals surface area contributed by atoms with Crippen molar-refractivity contribution in [3.8, 4) is 0 Å². The first-order chi connectivity index (χ1) is 8.36. The van der Waals surface area contributed by atoms with Gasteiger partial charge >= 0.3 is 5.97 Å². The van der Waals surface area contributed by atoms with Gasteiger partial charge in [0.1, 0.15) is 5.00 Å². The van der Waals surface area contributed by atoms with E-state index in [2.05, 4.69) is 10.6 Å². The van der Waals surface area contributed by atoms with E-state index in [4.69, 9.17) is 17.0 Å². The SMILES string of the molecule is COC(=O)c1c(NC(=S)NC(C)C)sc(C)c1C. The van der Waals surface area contributed by atoms with Gasteiger partial charge in [0.25, 0.3) is 0 Å². The number of anilines is 1. The summed E-state index contributed by atoms with van der Waals surface area (Å²) in [5.74, 6) is -0.341. The molecular weight excluding hydrogens is 268 g/mol. The Morgan fingerprint density at radius 3 is 2.50 bits per heavy atom. The molecule has 0 atom stereocenters. The third kappa shape index (κ3) is 3.43. The standard InChI is InChI=1S/C12H18N2O2S2/c1-6(2)13-12(17)14-10-9(11(15)16-5)7(3)8(4)18-10/h6H,1-5H3,(H2,13,14,17). The number of hydrogen-bond acceptors (Lipinski definition) is 4. The Labute approximate surface area is 117 Å². The summed E-state index contributed by atoms with van der Waals surface area (Å²) in [5, 5.41) is 7.38. The summed E-state index contributed by atoms with van der Waals surface area (Å²) in [7, 11) is 1.38. The summed E-state index contributed by atoms with van der Waals surface area (Å²) in [5.41, 5.74) is 1.50. The summed E-state index contributed by atoms with van der Waals surface area (Å²) in [4.78, 5) is 12.8. The molecule has 0 saturated carbocycles. The molecule has 6 heteroatoms. The second-order valence-corrected chi connectivity index (χ2v) is 5.87. The van der Waals surface area contributed by atoms with Crippen molar-refractivity contribution in [3.05, 3.63) is 16.0 Å². The molecule has 1 aromatic heterocycles. The number of esters is 1. The van der Waals surface area contributed by atoms with Gasteiger partial charge in [0.2, 0.25) is 0 Å². The van der Waals surface area contributed by atoms with Gasteiger partial charge in [-0.15, -0.1) is 11.3 Å². The Hall–Kier alpha value is -1.14. The van der Waals surface area contributed by atoms with Gasteiger partial charge in [0.05, 0.1) is 12.7 Å². The van der Waals surface area contributed by atoms with Gasteiger partial charge in [-0.3, -0.25) is 0 Å². The molecule has 0 aliphatic rings. The van der Waals surface area contributed by atoms with Crippen LogP contribution in [-0.2, 0) is 4.74 Å². The zero-order valence-corrected chi connectivity index (χ0v) is 12.8. The summed E-state index contributed by atoms with van der Waals surface area (Å²) in [6.07, 6.45) is 0. The van der Waals surface area contributed by atoms with Crippen LogP contribution in [0.15, 0.2) is 0 Å². The van der Waals surface area contributed by atoms with Gasteiger partial charge in [-0.25, -0.2) is 4.79 Å². The van der Waals surface area contributed by atoms with Crippen LogP contribution in [0.5, 0.6) is 0 Å². The lowest BCUT2D eigenvalue weighted by Crippen LogP contribution is -2.34. The Kier molecular flexibility index (Phi) is 5.10. The predicted molar refractivity (Wildman–Crippen MR) is 79.6 cm³/mol. The maximum absolute atomic E-state index is 11.8. The number of hydrogen-bond donors (Lipinski definition) is 2. The van der Waals surface area contributed by atoms with Gasteiger partial charge in [-0.05, 0) is 45.5 Å². The maximum atomic E-state index is 11.8. The average Bonchev–Trinajstić information content (AvgIpc) is 2.52.